The topological polar surface area (TPSA) is 90.2 Å². The van der Waals surface area contributed by atoms with Gasteiger partial charge in [-0.3, -0.25) is 14.5 Å². The summed E-state index contributed by atoms with van der Waals surface area (Å²) in [5, 5.41) is 12.4. The van der Waals surface area contributed by atoms with Gasteiger partial charge in [0.15, 0.2) is 0 Å². The molecule has 0 unspecified atom stereocenters. The van der Waals surface area contributed by atoms with Crippen molar-refractivity contribution in [1.82, 2.24) is 25.1 Å². The molecular weight excluding hydrogens is 378 g/mol. The number of rotatable bonds is 6. The third-order valence-electron chi connectivity index (χ3n) is 4.43. The number of ether oxygens (including phenoxy) is 1. The summed E-state index contributed by atoms with van der Waals surface area (Å²) in [6, 6.07) is 12.6. The maximum absolute atomic E-state index is 12.4. The van der Waals surface area contributed by atoms with E-state index in [0.29, 0.717) is 27.8 Å². The summed E-state index contributed by atoms with van der Waals surface area (Å²) >= 11 is 1.37. The highest BCUT2D eigenvalue weighted by atomic mass is 32.2. The molecule has 0 radical (unpaired) electrons. The predicted molar refractivity (Wildman–Crippen MR) is 103 cm³/mol. The van der Waals surface area contributed by atoms with Crippen LogP contribution in [0.5, 0.6) is 5.75 Å². The molecule has 0 saturated heterocycles. The standard InChI is InChI=1S/C19H17N5O3S/c1-12-7-8-16(27-2)15(11-12)24-19(20-21-22-24)28-10-9-23-17(25)13-5-3-4-6-14(13)18(23)26/h3-8,11H,9-10H2,1-2H3. The number of carbonyl (C=O) groups excluding carboxylic acids is 2. The van der Waals surface area contributed by atoms with Crippen LogP contribution >= 0.6 is 11.8 Å². The minimum atomic E-state index is -0.263. The molecule has 2 amide bonds. The Kier molecular flexibility index (Phi) is 4.82. The van der Waals surface area contributed by atoms with Crippen LogP contribution in [0.4, 0.5) is 0 Å². The third kappa shape index (κ3) is 3.13. The summed E-state index contributed by atoms with van der Waals surface area (Å²) in [6.45, 7) is 2.25. The second-order valence-corrected chi connectivity index (χ2v) is 7.27. The Hall–Kier alpha value is -3.20. The lowest BCUT2D eigenvalue weighted by Gasteiger charge is -2.13. The van der Waals surface area contributed by atoms with E-state index in [4.69, 9.17) is 4.74 Å². The first kappa shape index (κ1) is 18.2. The second kappa shape index (κ2) is 7.43. The van der Waals surface area contributed by atoms with Crippen LogP contribution in [0.3, 0.4) is 0 Å². The monoisotopic (exact) mass is 395 g/mol. The Morgan fingerprint density at radius 2 is 1.79 bits per heavy atom. The minimum Gasteiger partial charge on any atom is -0.494 e. The molecule has 0 bridgehead atoms. The number of imide groups is 1. The van der Waals surface area contributed by atoms with Gasteiger partial charge in [0, 0.05) is 12.3 Å². The van der Waals surface area contributed by atoms with Crippen LogP contribution < -0.4 is 4.74 Å². The number of tetrazole rings is 1. The van der Waals surface area contributed by atoms with E-state index in [1.165, 1.54) is 16.7 Å². The fraction of sp³-hybridized carbons (Fsp3) is 0.211. The minimum absolute atomic E-state index is 0.263. The van der Waals surface area contributed by atoms with Gasteiger partial charge in [-0.05, 0) is 47.2 Å². The number of aromatic nitrogens is 4. The lowest BCUT2D eigenvalue weighted by molar-refractivity contribution is 0.0664. The molecular formula is C19H17N5O3S. The Balaban J connectivity index is 1.48. The lowest BCUT2D eigenvalue weighted by Crippen LogP contribution is -2.31. The van der Waals surface area contributed by atoms with Gasteiger partial charge in [-0.2, -0.15) is 4.68 Å². The number of hydrogen-bond acceptors (Lipinski definition) is 7. The first-order chi connectivity index (χ1) is 13.6. The zero-order valence-corrected chi connectivity index (χ0v) is 16.1. The van der Waals surface area contributed by atoms with Gasteiger partial charge in [0.05, 0.1) is 18.2 Å². The van der Waals surface area contributed by atoms with E-state index in [1.807, 2.05) is 25.1 Å². The average Bonchev–Trinajstić information content (AvgIpc) is 3.27. The molecule has 1 aliphatic heterocycles. The first-order valence-electron chi connectivity index (χ1n) is 8.61. The summed E-state index contributed by atoms with van der Waals surface area (Å²) in [6.07, 6.45) is 0. The van der Waals surface area contributed by atoms with Gasteiger partial charge in [-0.25, -0.2) is 0 Å². The van der Waals surface area contributed by atoms with Crippen molar-refractivity contribution in [3.8, 4) is 11.4 Å². The molecule has 3 aromatic rings. The maximum atomic E-state index is 12.4. The molecule has 28 heavy (non-hydrogen) atoms. The number of aryl methyl sites for hydroxylation is 1. The van der Waals surface area contributed by atoms with Crippen molar-refractivity contribution in [1.29, 1.82) is 0 Å². The van der Waals surface area contributed by atoms with E-state index in [-0.39, 0.29) is 18.4 Å². The van der Waals surface area contributed by atoms with Gasteiger partial charge in [-0.1, -0.05) is 30.0 Å². The van der Waals surface area contributed by atoms with Crippen LogP contribution in [0.15, 0.2) is 47.6 Å². The number of hydrogen-bond donors (Lipinski definition) is 0. The molecule has 2 aromatic carbocycles. The number of fused-ring (bicyclic) bond motifs is 1. The molecule has 8 nitrogen and oxygen atoms in total. The van der Waals surface area contributed by atoms with Crippen LogP contribution in [0.25, 0.3) is 5.69 Å². The van der Waals surface area contributed by atoms with Crippen LogP contribution in [-0.2, 0) is 0 Å². The number of thioether (sulfide) groups is 1. The van der Waals surface area contributed by atoms with Crippen molar-refractivity contribution < 1.29 is 14.3 Å². The highest BCUT2D eigenvalue weighted by Crippen LogP contribution is 2.28. The number of methoxy groups -OCH3 is 1. The molecule has 0 fully saturated rings. The number of amides is 2. The Morgan fingerprint density at radius 3 is 2.46 bits per heavy atom. The van der Waals surface area contributed by atoms with E-state index in [0.717, 1.165) is 11.3 Å². The van der Waals surface area contributed by atoms with Crippen molar-refractivity contribution in [2.45, 2.75) is 12.1 Å². The quantitative estimate of drug-likeness (QED) is 0.467. The molecule has 1 aromatic heterocycles. The fourth-order valence-corrected chi connectivity index (χ4v) is 3.86. The summed E-state index contributed by atoms with van der Waals surface area (Å²) in [4.78, 5) is 26.1. The van der Waals surface area contributed by atoms with E-state index in [1.54, 1.807) is 36.1 Å². The molecule has 0 atom stereocenters. The van der Waals surface area contributed by atoms with Crippen molar-refractivity contribution in [2.24, 2.45) is 0 Å². The van der Waals surface area contributed by atoms with E-state index >= 15 is 0 Å². The molecule has 2 heterocycles. The Labute approximate surface area is 165 Å². The predicted octanol–water partition coefficient (Wildman–Crippen LogP) is 2.37. The highest BCUT2D eigenvalue weighted by molar-refractivity contribution is 7.99. The SMILES string of the molecule is COc1ccc(C)cc1-n1nnnc1SCCN1C(=O)c2ccccc2C1=O. The molecule has 0 aliphatic carbocycles. The maximum Gasteiger partial charge on any atom is 0.261 e. The third-order valence-corrected chi connectivity index (χ3v) is 5.33. The molecule has 142 valence electrons. The van der Waals surface area contributed by atoms with Gasteiger partial charge in [0.2, 0.25) is 5.16 Å². The van der Waals surface area contributed by atoms with E-state index in [9.17, 15) is 9.59 Å². The number of nitrogens with zero attached hydrogens (tertiary/aromatic N) is 5. The fourth-order valence-electron chi connectivity index (χ4n) is 3.06. The molecule has 0 saturated carbocycles. The van der Waals surface area contributed by atoms with Gasteiger partial charge in [-0.15, -0.1) is 5.10 Å². The summed E-state index contributed by atoms with van der Waals surface area (Å²) in [7, 11) is 1.59. The zero-order valence-electron chi connectivity index (χ0n) is 15.3. The van der Waals surface area contributed by atoms with Crippen molar-refractivity contribution in [2.75, 3.05) is 19.4 Å². The lowest BCUT2D eigenvalue weighted by atomic mass is 10.1. The normalized spacial score (nSPS) is 13.1. The average molecular weight is 395 g/mol. The van der Waals surface area contributed by atoms with Gasteiger partial charge in [0.25, 0.3) is 11.8 Å². The molecule has 0 N–H and O–H groups in total. The highest BCUT2D eigenvalue weighted by Gasteiger charge is 2.34. The van der Waals surface area contributed by atoms with E-state index < -0.39 is 0 Å². The zero-order chi connectivity index (χ0) is 19.7. The number of benzene rings is 2. The molecule has 4 rings (SSSR count). The van der Waals surface area contributed by atoms with Crippen LogP contribution in [0.2, 0.25) is 0 Å². The van der Waals surface area contributed by atoms with Crippen LogP contribution in [-0.4, -0.2) is 56.3 Å². The van der Waals surface area contributed by atoms with Crippen LogP contribution in [0, 0.1) is 6.92 Å². The summed E-state index contributed by atoms with van der Waals surface area (Å²) in [5.41, 5.74) is 2.68. The van der Waals surface area contributed by atoms with Crippen molar-refractivity contribution >= 4 is 23.6 Å². The van der Waals surface area contributed by atoms with Gasteiger partial charge >= 0.3 is 0 Å². The van der Waals surface area contributed by atoms with Gasteiger partial charge in [0.1, 0.15) is 11.4 Å². The van der Waals surface area contributed by atoms with Crippen LogP contribution in [0.1, 0.15) is 26.3 Å². The second-order valence-electron chi connectivity index (χ2n) is 6.20. The Bertz CT molecular complexity index is 1030. The van der Waals surface area contributed by atoms with Crippen molar-refractivity contribution in [3.63, 3.8) is 0 Å². The summed E-state index contributed by atoms with van der Waals surface area (Å²) < 4.78 is 7.00. The smallest absolute Gasteiger partial charge is 0.261 e. The Morgan fingerprint density at radius 1 is 1.07 bits per heavy atom. The molecule has 1 aliphatic rings. The molecule has 9 heteroatoms. The van der Waals surface area contributed by atoms with E-state index in [2.05, 4.69) is 15.5 Å². The number of carbonyl (C=O) groups is 2. The van der Waals surface area contributed by atoms with Gasteiger partial charge < -0.3 is 4.74 Å². The summed E-state index contributed by atoms with van der Waals surface area (Å²) in [5.74, 6) is 0.599. The largest absolute Gasteiger partial charge is 0.494 e. The van der Waals surface area contributed by atoms with Crippen molar-refractivity contribution in [3.05, 3.63) is 59.2 Å². The first-order valence-corrected chi connectivity index (χ1v) is 9.60. The molecule has 0 spiro atoms.